The van der Waals surface area contributed by atoms with Crippen LogP contribution in [0.2, 0.25) is 0 Å². The second-order valence-corrected chi connectivity index (χ2v) is 6.94. The molecule has 0 amide bonds. The third kappa shape index (κ3) is 3.87. The Labute approximate surface area is 166 Å². The normalized spacial score (nSPS) is 25.2. The Morgan fingerprint density at radius 1 is 1.17 bits per heavy atom. The predicted molar refractivity (Wildman–Crippen MR) is 103 cm³/mol. The van der Waals surface area contributed by atoms with E-state index in [1.54, 1.807) is 0 Å². The van der Waals surface area contributed by atoms with Crippen LogP contribution in [0.25, 0.3) is 11.2 Å². The standard InChI is InChI=1S/C19H23N5O5/c1-11(8-28-12-5-3-2-4-6-12)23-17-14-18(21-9-20-17)24(10-22-14)19-16(27)15(26)13(7-25)29-19/h2-6,9-11,13,15-16,19,25-27H,7-8H2,1H3,(H,20,21,23)/t11-,13-,15-,16-,19-/m1/s1. The highest BCUT2D eigenvalue weighted by atomic mass is 16.6. The molecule has 29 heavy (non-hydrogen) atoms. The number of aliphatic hydroxyl groups excluding tert-OH is 3. The van der Waals surface area contributed by atoms with Gasteiger partial charge in [0.05, 0.1) is 19.0 Å². The van der Waals surface area contributed by atoms with E-state index in [0.29, 0.717) is 23.6 Å². The number of benzene rings is 1. The van der Waals surface area contributed by atoms with E-state index in [2.05, 4.69) is 20.3 Å². The zero-order chi connectivity index (χ0) is 20.4. The van der Waals surface area contributed by atoms with Gasteiger partial charge in [-0.15, -0.1) is 0 Å². The lowest BCUT2D eigenvalue weighted by Gasteiger charge is -2.17. The number of nitrogens with zero attached hydrogens (tertiary/aromatic N) is 4. The van der Waals surface area contributed by atoms with Crippen molar-refractivity contribution < 1.29 is 24.8 Å². The van der Waals surface area contributed by atoms with Crippen LogP contribution in [0.1, 0.15) is 13.2 Å². The van der Waals surface area contributed by atoms with E-state index >= 15 is 0 Å². The lowest BCUT2D eigenvalue weighted by Crippen LogP contribution is -2.33. The number of aliphatic hydroxyl groups is 3. The van der Waals surface area contributed by atoms with E-state index in [1.807, 2.05) is 37.3 Å². The fourth-order valence-electron chi connectivity index (χ4n) is 3.27. The Bertz CT molecular complexity index is 953. The Balaban J connectivity index is 1.50. The molecule has 1 saturated heterocycles. The van der Waals surface area contributed by atoms with Crippen molar-refractivity contribution >= 4 is 17.0 Å². The SMILES string of the molecule is C[C@H](COc1ccccc1)Nc1ncnc2c1ncn2[C@@H]1O[C@H](CO)[C@@H](O)[C@H]1O. The molecule has 2 aromatic heterocycles. The zero-order valence-corrected chi connectivity index (χ0v) is 15.8. The highest BCUT2D eigenvalue weighted by molar-refractivity contribution is 5.82. The molecule has 1 fully saturated rings. The molecule has 10 nitrogen and oxygen atoms in total. The molecular weight excluding hydrogens is 378 g/mol. The summed E-state index contributed by atoms with van der Waals surface area (Å²) >= 11 is 0. The minimum absolute atomic E-state index is 0.0626. The number of ether oxygens (including phenoxy) is 2. The fourth-order valence-corrected chi connectivity index (χ4v) is 3.27. The molecule has 0 unspecified atom stereocenters. The Morgan fingerprint density at radius 2 is 1.97 bits per heavy atom. The van der Waals surface area contributed by atoms with Crippen LogP contribution in [-0.4, -0.2) is 72.4 Å². The van der Waals surface area contributed by atoms with Gasteiger partial charge in [0.25, 0.3) is 0 Å². The number of nitrogens with one attached hydrogen (secondary N) is 1. The van der Waals surface area contributed by atoms with Crippen molar-refractivity contribution in [2.45, 2.75) is 37.5 Å². The molecule has 3 aromatic rings. The Kier molecular flexibility index (Phi) is 5.58. The van der Waals surface area contributed by atoms with Gasteiger partial charge in [0.15, 0.2) is 23.2 Å². The van der Waals surface area contributed by atoms with Crippen LogP contribution in [0.15, 0.2) is 43.0 Å². The minimum atomic E-state index is -1.21. The smallest absolute Gasteiger partial charge is 0.167 e. The maximum absolute atomic E-state index is 10.3. The van der Waals surface area contributed by atoms with Crippen molar-refractivity contribution in [3.8, 4) is 5.75 Å². The maximum atomic E-state index is 10.3. The summed E-state index contributed by atoms with van der Waals surface area (Å²) in [6.07, 6.45) is -1.34. The van der Waals surface area contributed by atoms with Gasteiger partial charge < -0.3 is 30.1 Å². The lowest BCUT2D eigenvalue weighted by atomic mass is 10.1. The summed E-state index contributed by atoms with van der Waals surface area (Å²) in [4.78, 5) is 12.8. The molecular formula is C19H23N5O5. The number of imidazole rings is 1. The van der Waals surface area contributed by atoms with Crippen molar-refractivity contribution in [2.24, 2.45) is 0 Å². The topological polar surface area (TPSA) is 135 Å². The molecule has 154 valence electrons. The highest BCUT2D eigenvalue weighted by Crippen LogP contribution is 2.32. The molecule has 4 rings (SSSR count). The summed E-state index contributed by atoms with van der Waals surface area (Å²) in [5.41, 5.74) is 0.935. The van der Waals surface area contributed by atoms with Crippen LogP contribution in [0.4, 0.5) is 5.82 Å². The third-order valence-corrected chi connectivity index (χ3v) is 4.78. The summed E-state index contributed by atoms with van der Waals surface area (Å²) < 4.78 is 12.8. The Morgan fingerprint density at radius 3 is 2.69 bits per heavy atom. The van der Waals surface area contributed by atoms with E-state index in [-0.39, 0.29) is 6.04 Å². The number of rotatable bonds is 7. The molecule has 1 aromatic carbocycles. The van der Waals surface area contributed by atoms with E-state index in [0.717, 1.165) is 5.75 Å². The summed E-state index contributed by atoms with van der Waals surface area (Å²) in [6.45, 7) is 1.98. The second-order valence-electron chi connectivity index (χ2n) is 6.94. The average molecular weight is 401 g/mol. The van der Waals surface area contributed by atoms with Gasteiger partial charge in [-0.25, -0.2) is 15.0 Å². The zero-order valence-electron chi connectivity index (χ0n) is 15.8. The monoisotopic (exact) mass is 401 g/mol. The maximum Gasteiger partial charge on any atom is 0.167 e. The number of fused-ring (bicyclic) bond motifs is 1. The van der Waals surface area contributed by atoms with Crippen LogP contribution in [0, 0.1) is 0 Å². The predicted octanol–water partition coefficient (Wildman–Crippen LogP) is 0.317. The molecule has 5 atom stereocenters. The molecule has 4 N–H and O–H groups in total. The van der Waals surface area contributed by atoms with Crippen LogP contribution in [0.5, 0.6) is 5.75 Å². The van der Waals surface area contributed by atoms with Gasteiger partial charge in [0, 0.05) is 0 Å². The van der Waals surface area contributed by atoms with Crippen molar-refractivity contribution in [1.29, 1.82) is 0 Å². The van der Waals surface area contributed by atoms with Gasteiger partial charge in [0.2, 0.25) is 0 Å². The van der Waals surface area contributed by atoms with Gasteiger partial charge in [-0.05, 0) is 19.1 Å². The number of hydrogen-bond acceptors (Lipinski definition) is 9. The first-order valence-corrected chi connectivity index (χ1v) is 9.33. The first-order valence-electron chi connectivity index (χ1n) is 9.33. The average Bonchev–Trinajstić information content (AvgIpc) is 3.29. The van der Waals surface area contributed by atoms with Crippen molar-refractivity contribution in [2.75, 3.05) is 18.5 Å². The molecule has 0 spiro atoms. The number of anilines is 1. The van der Waals surface area contributed by atoms with Crippen LogP contribution in [-0.2, 0) is 4.74 Å². The number of hydrogen-bond donors (Lipinski definition) is 4. The number of aromatic nitrogens is 4. The lowest BCUT2D eigenvalue weighted by molar-refractivity contribution is -0.0511. The van der Waals surface area contributed by atoms with Crippen molar-refractivity contribution in [1.82, 2.24) is 19.5 Å². The van der Waals surface area contributed by atoms with E-state index in [9.17, 15) is 15.3 Å². The molecule has 0 aliphatic carbocycles. The van der Waals surface area contributed by atoms with E-state index in [4.69, 9.17) is 9.47 Å². The minimum Gasteiger partial charge on any atom is -0.491 e. The molecule has 0 saturated carbocycles. The van der Waals surface area contributed by atoms with E-state index < -0.39 is 31.1 Å². The van der Waals surface area contributed by atoms with Crippen molar-refractivity contribution in [3.63, 3.8) is 0 Å². The van der Waals surface area contributed by atoms with Gasteiger partial charge in [0.1, 0.15) is 37.0 Å². The van der Waals surface area contributed by atoms with Gasteiger partial charge in [-0.1, -0.05) is 18.2 Å². The second kappa shape index (κ2) is 8.29. The quantitative estimate of drug-likeness (QED) is 0.441. The van der Waals surface area contributed by atoms with E-state index in [1.165, 1.54) is 17.2 Å². The first kappa shape index (κ1) is 19.5. The molecule has 10 heteroatoms. The number of para-hydroxylation sites is 1. The third-order valence-electron chi connectivity index (χ3n) is 4.78. The van der Waals surface area contributed by atoms with Crippen LogP contribution >= 0.6 is 0 Å². The van der Waals surface area contributed by atoms with Gasteiger partial charge in [-0.3, -0.25) is 4.57 Å². The summed E-state index contributed by atoms with van der Waals surface area (Å²) in [5, 5.41) is 32.8. The molecule has 0 radical (unpaired) electrons. The van der Waals surface area contributed by atoms with Gasteiger partial charge >= 0.3 is 0 Å². The summed E-state index contributed by atoms with van der Waals surface area (Å²) in [6, 6.07) is 9.45. The van der Waals surface area contributed by atoms with Crippen LogP contribution < -0.4 is 10.1 Å². The first-order chi connectivity index (χ1) is 14.1. The summed E-state index contributed by atoms with van der Waals surface area (Å²) in [5.74, 6) is 1.30. The molecule has 3 heterocycles. The molecule has 1 aliphatic heterocycles. The summed E-state index contributed by atoms with van der Waals surface area (Å²) in [7, 11) is 0. The van der Waals surface area contributed by atoms with Gasteiger partial charge in [-0.2, -0.15) is 0 Å². The fraction of sp³-hybridized carbons (Fsp3) is 0.421. The highest BCUT2D eigenvalue weighted by Gasteiger charge is 2.44. The van der Waals surface area contributed by atoms with Crippen LogP contribution in [0.3, 0.4) is 0 Å². The van der Waals surface area contributed by atoms with Crippen molar-refractivity contribution in [3.05, 3.63) is 43.0 Å². The molecule has 0 bridgehead atoms. The molecule has 1 aliphatic rings. The largest absolute Gasteiger partial charge is 0.491 e. The Hall–Kier alpha value is -2.79.